The van der Waals surface area contributed by atoms with Gasteiger partial charge in [0.2, 0.25) is 0 Å². The highest BCUT2D eigenvalue weighted by atomic mass is 31.2. The van der Waals surface area contributed by atoms with Gasteiger partial charge in [-0.3, -0.25) is 0 Å². The van der Waals surface area contributed by atoms with Crippen LogP contribution < -0.4 is 15.9 Å². The first-order valence-electron chi connectivity index (χ1n) is 17.1. The highest BCUT2D eigenvalue weighted by Gasteiger charge is 2.55. The Morgan fingerprint density at radius 3 is 1.41 bits per heavy atom. The maximum absolute atomic E-state index is 16.2. The van der Waals surface area contributed by atoms with Crippen molar-refractivity contribution in [2.24, 2.45) is 0 Å². The molecule has 2 aliphatic heterocycles. The molecule has 7 aromatic carbocycles. The number of aromatic nitrogens is 3. The van der Waals surface area contributed by atoms with Crippen LogP contribution in [0.1, 0.15) is 22.3 Å². The summed E-state index contributed by atoms with van der Waals surface area (Å²) in [5.41, 5.74) is 8.09. The fraction of sp³-hybridized carbons (Fsp3) is 0.0217. The van der Waals surface area contributed by atoms with Gasteiger partial charge in [0.15, 0.2) is 24.6 Å². The van der Waals surface area contributed by atoms with E-state index in [2.05, 4.69) is 103 Å². The highest BCUT2D eigenvalue weighted by molar-refractivity contribution is 7.86. The van der Waals surface area contributed by atoms with Gasteiger partial charge in [-0.2, -0.15) is 0 Å². The lowest BCUT2D eigenvalue weighted by Gasteiger charge is -2.44. The summed E-state index contributed by atoms with van der Waals surface area (Å²) in [6, 6.07) is 62.4. The summed E-state index contributed by atoms with van der Waals surface area (Å²) < 4.78 is 16.2. The molecule has 0 aliphatic carbocycles. The Hall–Kier alpha value is -6.22. The zero-order valence-electron chi connectivity index (χ0n) is 27.5. The lowest BCUT2D eigenvalue weighted by atomic mass is 9.64. The van der Waals surface area contributed by atoms with Crippen LogP contribution in [-0.2, 0) is 9.98 Å². The van der Waals surface area contributed by atoms with Crippen molar-refractivity contribution in [3.63, 3.8) is 0 Å². The van der Waals surface area contributed by atoms with Gasteiger partial charge in [-0.05, 0) is 45.5 Å². The molecule has 240 valence electrons. The van der Waals surface area contributed by atoms with E-state index in [0.29, 0.717) is 17.5 Å². The van der Waals surface area contributed by atoms with Crippen LogP contribution in [0.5, 0.6) is 0 Å². The molecular weight excluding hydrogens is 642 g/mol. The van der Waals surface area contributed by atoms with E-state index in [9.17, 15) is 0 Å². The van der Waals surface area contributed by atoms with Gasteiger partial charge >= 0.3 is 0 Å². The second-order valence-electron chi connectivity index (χ2n) is 13.1. The first-order chi connectivity index (χ1) is 25.2. The average Bonchev–Trinajstić information content (AvgIpc) is 3.48. The van der Waals surface area contributed by atoms with E-state index in [1.807, 2.05) is 78.9 Å². The van der Waals surface area contributed by atoms with E-state index in [1.54, 1.807) is 0 Å². The summed E-state index contributed by atoms with van der Waals surface area (Å²) >= 11 is 0. The number of fused-ring (bicyclic) bond motifs is 5. The van der Waals surface area contributed by atoms with E-state index in [1.165, 1.54) is 0 Å². The highest BCUT2D eigenvalue weighted by Crippen LogP contribution is 2.62. The number of hydrogen-bond acceptors (Lipinski definition) is 4. The topological polar surface area (TPSA) is 55.7 Å². The van der Waals surface area contributed by atoms with E-state index in [-0.39, 0.29) is 0 Å². The Labute approximate surface area is 296 Å². The minimum atomic E-state index is -3.27. The zero-order chi connectivity index (χ0) is 34.0. The van der Waals surface area contributed by atoms with Crippen molar-refractivity contribution in [1.29, 1.82) is 0 Å². The van der Waals surface area contributed by atoms with E-state index in [4.69, 9.17) is 15.0 Å². The minimum absolute atomic E-state index is 0.565. The van der Waals surface area contributed by atoms with Gasteiger partial charge in [0.05, 0.1) is 5.41 Å². The summed E-state index contributed by atoms with van der Waals surface area (Å²) in [6.07, 6.45) is 0. The van der Waals surface area contributed by atoms with Crippen molar-refractivity contribution in [1.82, 2.24) is 15.0 Å². The van der Waals surface area contributed by atoms with E-state index in [0.717, 1.165) is 66.0 Å². The fourth-order valence-corrected chi connectivity index (χ4v) is 11.8. The molecule has 0 fully saturated rings. The van der Waals surface area contributed by atoms with Gasteiger partial charge in [0.1, 0.15) is 0 Å². The number of benzene rings is 7. The van der Waals surface area contributed by atoms with Gasteiger partial charge in [0.25, 0.3) is 0 Å². The largest absolute Gasteiger partial charge is 0.309 e. The molecule has 2 aliphatic rings. The first kappa shape index (κ1) is 29.7. The Kier molecular flexibility index (Phi) is 6.64. The molecule has 0 radical (unpaired) electrons. The Morgan fingerprint density at radius 2 is 0.843 bits per heavy atom. The second kappa shape index (κ2) is 11.4. The summed E-state index contributed by atoms with van der Waals surface area (Å²) in [5, 5.41) is 2.67. The number of hydrogen-bond donors (Lipinski definition) is 0. The molecule has 1 unspecified atom stereocenters. The SMILES string of the molecule is O=P12c3ccccc3-c3cc(-c4nc(-c5ccccc5)nc(-c5ccccc5)n4)cc(c31)C(c1ccccc1)(c1ccccc1)c1ccccc12. The van der Waals surface area contributed by atoms with Crippen LogP contribution in [0.3, 0.4) is 0 Å². The van der Waals surface area contributed by atoms with E-state index >= 15 is 4.57 Å². The molecule has 0 amide bonds. The van der Waals surface area contributed by atoms with Crippen molar-refractivity contribution in [3.8, 4) is 45.3 Å². The van der Waals surface area contributed by atoms with Gasteiger partial charge < -0.3 is 4.57 Å². The first-order valence-corrected chi connectivity index (χ1v) is 18.9. The molecule has 8 aromatic rings. The van der Waals surface area contributed by atoms with Crippen LogP contribution in [-0.4, -0.2) is 15.0 Å². The van der Waals surface area contributed by atoms with Crippen LogP contribution in [0.15, 0.2) is 182 Å². The van der Waals surface area contributed by atoms with Crippen LogP contribution in [0.4, 0.5) is 0 Å². The van der Waals surface area contributed by atoms with E-state index < -0.39 is 12.6 Å². The minimum Gasteiger partial charge on any atom is -0.309 e. The molecule has 0 saturated carbocycles. The Bertz CT molecular complexity index is 2560. The molecule has 1 atom stereocenters. The van der Waals surface area contributed by atoms with Crippen LogP contribution in [0, 0.1) is 0 Å². The van der Waals surface area contributed by atoms with Gasteiger partial charge in [-0.1, -0.05) is 170 Å². The molecule has 0 spiro atoms. The summed E-state index contributed by atoms with van der Waals surface area (Å²) in [6.45, 7) is 0. The predicted octanol–water partition coefficient (Wildman–Crippen LogP) is 9.19. The third-order valence-electron chi connectivity index (χ3n) is 10.4. The Balaban J connectivity index is 1.36. The Morgan fingerprint density at radius 1 is 0.392 bits per heavy atom. The fourth-order valence-electron chi connectivity index (χ4n) is 8.25. The van der Waals surface area contributed by atoms with Gasteiger partial charge in [0, 0.05) is 32.6 Å². The summed E-state index contributed by atoms with van der Waals surface area (Å²) in [7, 11) is -3.27. The predicted molar refractivity (Wildman–Crippen MR) is 206 cm³/mol. The molecule has 0 bridgehead atoms. The maximum Gasteiger partial charge on any atom is 0.172 e. The van der Waals surface area contributed by atoms with Gasteiger partial charge in [-0.25, -0.2) is 15.0 Å². The standard InChI is InChI=1S/C46H30N3OP/c50-51-40-27-15-13-25-36(40)37-29-33(45-48-43(31-17-5-1-6-18-31)47-44(49-45)32-19-7-2-8-20-32)30-39(42(37)51)46(34-21-9-3-10-22-34,35-23-11-4-12-24-35)38-26-14-16-28-41(38)51/h1-30H. The molecule has 10 rings (SSSR count). The normalized spacial score (nSPS) is 16.2. The molecule has 0 N–H and O–H groups in total. The van der Waals surface area contributed by atoms with Gasteiger partial charge in [-0.15, -0.1) is 0 Å². The third-order valence-corrected chi connectivity index (χ3v) is 13.6. The van der Waals surface area contributed by atoms with Crippen LogP contribution in [0.2, 0.25) is 0 Å². The average molecular weight is 672 g/mol. The van der Waals surface area contributed by atoms with Crippen molar-refractivity contribution in [3.05, 3.63) is 204 Å². The molecule has 4 nitrogen and oxygen atoms in total. The molecule has 51 heavy (non-hydrogen) atoms. The van der Waals surface area contributed by atoms with Crippen molar-refractivity contribution in [2.75, 3.05) is 0 Å². The van der Waals surface area contributed by atoms with Crippen molar-refractivity contribution >= 4 is 23.1 Å². The summed E-state index contributed by atoms with van der Waals surface area (Å²) in [4.78, 5) is 15.3. The smallest absolute Gasteiger partial charge is 0.172 e. The summed E-state index contributed by atoms with van der Waals surface area (Å²) in [5.74, 6) is 1.76. The zero-order valence-corrected chi connectivity index (χ0v) is 28.4. The lowest BCUT2D eigenvalue weighted by Crippen LogP contribution is -2.45. The van der Waals surface area contributed by atoms with Crippen molar-refractivity contribution in [2.45, 2.75) is 5.41 Å². The molecular formula is C46H30N3OP. The van der Waals surface area contributed by atoms with Crippen LogP contribution in [0.25, 0.3) is 45.3 Å². The monoisotopic (exact) mass is 671 g/mol. The molecule has 5 heteroatoms. The number of rotatable bonds is 5. The lowest BCUT2D eigenvalue weighted by molar-refractivity contribution is 0.590. The quantitative estimate of drug-likeness (QED) is 0.171. The third kappa shape index (κ3) is 4.27. The van der Waals surface area contributed by atoms with Crippen molar-refractivity contribution < 1.29 is 4.57 Å². The molecule has 0 saturated heterocycles. The molecule has 1 aromatic heterocycles. The second-order valence-corrected chi connectivity index (χ2v) is 15.7. The number of nitrogens with zero attached hydrogens (tertiary/aromatic N) is 3. The maximum atomic E-state index is 16.2. The molecule has 3 heterocycles. The van der Waals surface area contributed by atoms with Crippen LogP contribution >= 0.6 is 7.14 Å².